The van der Waals surface area contributed by atoms with Crippen molar-refractivity contribution in [3.05, 3.63) is 23.5 Å². The third-order valence-corrected chi connectivity index (χ3v) is 1.99. The number of carboxylic acids is 1. The summed E-state index contributed by atoms with van der Waals surface area (Å²) >= 11 is 0. The number of hydrogen-bond acceptors (Lipinski definition) is 3. The van der Waals surface area contributed by atoms with Crippen LogP contribution in [0.3, 0.4) is 0 Å². The van der Waals surface area contributed by atoms with Gasteiger partial charge in [-0.25, -0.2) is 9.18 Å². The number of rotatable bonds is 4. The minimum absolute atomic E-state index is 0.265. The van der Waals surface area contributed by atoms with Crippen molar-refractivity contribution in [1.82, 2.24) is 0 Å². The molecule has 4 nitrogen and oxygen atoms in total. The van der Waals surface area contributed by atoms with Gasteiger partial charge in [0.15, 0.2) is 0 Å². The highest BCUT2D eigenvalue weighted by molar-refractivity contribution is 6.00. The van der Waals surface area contributed by atoms with Gasteiger partial charge in [-0.1, -0.05) is 0 Å². The zero-order chi connectivity index (χ0) is 12.1. The maximum absolute atomic E-state index is 13.1. The third kappa shape index (κ3) is 2.42. The Hall–Kier alpha value is -2.22. The Kier molecular flexibility index (Phi) is 3.72. The lowest BCUT2D eigenvalue weighted by atomic mass is 10.1. The summed E-state index contributed by atoms with van der Waals surface area (Å²) < 4.78 is 13.1. The van der Waals surface area contributed by atoms with E-state index in [0.29, 0.717) is 13.0 Å². The van der Waals surface area contributed by atoms with Gasteiger partial charge in [0.05, 0.1) is 11.4 Å². The minimum Gasteiger partial charge on any atom is -0.478 e. The van der Waals surface area contributed by atoms with E-state index >= 15 is 0 Å². The highest BCUT2D eigenvalue weighted by Gasteiger charge is 2.16. The molecule has 1 rings (SSSR count). The molecule has 0 saturated heterocycles. The SMILES string of the molecule is C#CCCNc1ccc(F)c(N)c1C(=O)O. The van der Waals surface area contributed by atoms with E-state index in [2.05, 4.69) is 11.2 Å². The number of nitrogens with two attached hydrogens (primary N) is 1. The molecule has 0 aliphatic heterocycles. The van der Waals surface area contributed by atoms with Crippen LogP contribution in [0.1, 0.15) is 16.8 Å². The number of anilines is 2. The lowest BCUT2D eigenvalue weighted by Crippen LogP contribution is -2.11. The van der Waals surface area contributed by atoms with Crippen LogP contribution in [0.5, 0.6) is 0 Å². The fourth-order valence-electron chi connectivity index (χ4n) is 1.24. The first-order chi connectivity index (χ1) is 7.57. The van der Waals surface area contributed by atoms with Crippen molar-refractivity contribution < 1.29 is 14.3 Å². The van der Waals surface area contributed by atoms with E-state index in [1.807, 2.05) is 0 Å². The van der Waals surface area contributed by atoms with Crippen LogP contribution >= 0.6 is 0 Å². The quantitative estimate of drug-likeness (QED) is 0.410. The first-order valence-electron chi connectivity index (χ1n) is 4.56. The molecular formula is C11H11FN2O2. The predicted octanol–water partition coefficient (Wildman–Crippen LogP) is 1.54. The molecule has 84 valence electrons. The van der Waals surface area contributed by atoms with E-state index in [1.54, 1.807) is 0 Å². The molecule has 4 N–H and O–H groups in total. The summed E-state index contributed by atoms with van der Waals surface area (Å²) in [5.41, 5.74) is 4.97. The molecule has 0 fully saturated rings. The monoisotopic (exact) mass is 222 g/mol. The lowest BCUT2D eigenvalue weighted by Gasteiger charge is -2.10. The molecule has 0 amide bonds. The Morgan fingerprint density at radius 2 is 2.31 bits per heavy atom. The summed E-state index contributed by atoms with van der Waals surface area (Å²) in [7, 11) is 0. The van der Waals surface area contributed by atoms with Gasteiger partial charge in [0, 0.05) is 13.0 Å². The molecule has 0 radical (unpaired) electrons. The van der Waals surface area contributed by atoms with Gasteiger partial charge in [-0.2, -0.15) is 0 Å². The van der Waals surface area contributed by atoms with Crippen LogP contribution < -0.4 is 11.1 Å². The maximum atomic E-state index is 13.1. The summed E-state index contributed by atoms with van der Waals surface area (Å²) in [6.45, 7) is 0.405. The highest BCUT2D eigenvalue weighted by Crippen LogP contribution is 2.24. The lowest BCUT2D eigenvalue weighted by molar-refractivity contribution is 0.0698. The fourth-order valence-corrected chi connectivity index (χ4v) is 1.24. The van der Waals surface area contributed by atoms with Gasteiger partial charge < -0.3 is 16.2 Å². The molecule has 0 unspecified atom stereocenters. The molecule has 0 heterocycles. The molecule has 0 aromatic heterocycles. The molecule has 0 bridgehead atoms. The van der Waals surface area contributed by atoms with Gasteiger partial charge >= 0.3 is 5.97 Å². The molecule has 0 saturated carbocycles. The fraction of sp³-hybridized carbons (Fsp3) is 0.182. The molecular weight excluding hydrogens is 211 g/mol. The summed E-state index contributed by atoms with van der Waals surface area (Å²) in [4.78, 5) is 10.9. The summed E-state index contributed by atoms with van der Waals surface area (Å²) in [6.07, 6.45) is 5.49. The van der Waals surface area contributed by atoms with Gasteiger partial charge in [0.2, 0.25) is 0 Å². The van der Waals surface area contributed by atoms with Crippen LogP contribution in [0.4, 0.5) is 15.8 Å². The largest absolute Gasteiger partial charge is 0.478 e. The minimum atomic E-state index is -1.28. The van der Waals surface area contributed by atoms with Crippen LogP contribution in [-0.2, 0) is 0 Å². The van der Waals surface area contributed by atoms with E-state index in [9.17, 15) is 9.18 Å². The second-order valence-corrected chi connectivity index (χ2v) is 3.07. The van der Waals surface area contributed by atoms with Crippen molar-refractivity contribution >= 4 is 17.3 Å². The zero-order valence-corrected chi connectivity index (χ0v) is 8.46. The van der Waals surface area contributed by atoms with Gasteiger partial charge in [-0.15, -0.1) is 12.3 Å². The molecule has 0 atom stereocenters. The topological polar surface area (TPSA) is 75.3 Å². The van der Waals surface area contributed by atoms with Crippen LogP contribution in [0.15, 0.2) is 12.1 Å². The van der Waals surface area contributed by atoms with Crippen molar-refractivity contribution in [2.24, 2.45) is 0 Å². The average Bonchev–Trinajstić information content (AvgIpc) is 2.23. The van der Waals surface area contributed by atoms with Gasteiger partial charge in [0.1, 0.15) is 11.4 Å². The van der Waals surface area contributed by atoms with E-state index in [4.69, 9.17) is 17.3 Å². The second-order valence-electron chi connectivity index (χ2n) is 3.07. The number of carboxylic acid groups (broad SMARTS) is 1. The summed E-state index contributed by atoms with van der Waals surface area (Å²) in [6, 6.07) is 2.44. The first-order valence-corrected chi connectivity index (χ1v) is 4.56. The number of hydrogen-bond donors (Lipinski definition) is 3. The van der Waals surface area contributed by atoms with Gasteiger partial charge in [0.25, 0.3) is 0 Å². The van der Waals surface area contributed by atoms with E-state index in [1.165, 1.54) is 6.07 Å². The van der Waals surface area contributed by atoms with E-state index in [0.717, 1.165) is 6.07 Å². The molecule has 1 aromatic carbocycles. The summed E-state index contributed by atoms with van der Waals surface area (Å²) in [5.74, 6) is 0.370. The number of halogens is 1. The van der Waals surface area contributed by atoms with Crippen LogP contribution in [0.2, 0.25) is 0 Å². The number of benzene rings is 1. The van der Waals surface area contributed by atoms with Crippen molar-refractivity contribution in [3.63, 3.8) is 0 Å². The Morgan fingerprint density at radius 3 is 2.88 bits per heavy atom. The van der Waals surface area contributed by atoms with Crippen molar-refractivity contribution in [2.45, 2.75) is 6.42 Å². The standard InChI is InChI=1S/C11H11FN2O2/c1-2-3-6-14-8-5-4-7(12)10(13)9(8)11(15)16/h1,4-5,14H,3,6,13H2,(H,15,16). The van der Waals surface area contributed by atoms with Crippen LogP contribution in [0, 0.1) is 18.2 Å². The molecule has 0 spiro atoms. The molecule has 0 aliphatic carbocycles. The zero-order valence-electron chi connectivity index (χ0n) is 8.46. The van der Waals surface area contributed by atoms with Crippen molar-refractivity contribution in [3.8, 4) is 12.3 Å². The van der Waals surface area contributed by atoms with Crippen LogP contribution in [-0.4, -0.2) is 17.6 Å². The number of aromatic carboxylic acids is 1. The predicted molar refractivity (Wildman–Crippen MR) is 59.7 cm³/mol. The molecule has 16 heavy (non-hydrogen) atoms. The Balaban J connectivity index is 3.05. The first kappa shape index (κ1) is 11.9. The van der Waals surface area contributed by atoms with Gasteiger partial charge in [-0.05, 0) is 12.1 Å². The molecule has 1 aromatic rings. The maximum Gasteiger partial charge on any atom is 0.340 e. The van der Waals surface area contributed by atoms with Gasteiger partial charge in [-0.3, -0.25) is 0 Å². The average molecular weight is 222 g/mol. The Labute approximate surface area is 92.3 Å². The number of terminal acetylenes is 1. The Morgan fingerprint density at radius 1 is 1.62 bits per heavy atom. The summed E-state index contributed by atoms with van der Waals surface area (Å²) in [5, 5.41) is 11.7. The number of nitrogens with one attached hydrogen (secondary N) is 1. The van der Waals surface area contributed by atoms with Crippen LogP contribution in [0.25, 0.3) is 0 Å². The highest BCUT2D eigenvalue weighted by atomic mass is 19.1. The smallest absolute Gasteiger partial charge is 0.340 e. The normalized spacial score (nSPS) is 9.50. The Bertz CT molecular complexity index is 452. The second kappa shape index (κ2) is 5.03. The van der Waals surface area contributed by atoms with Crippen molar-refractivity contribution in [2.75, 3.05) is 17.6 Å². The van der Waals surface area contributed by atoms with Crippen molar-refractivity contribution in [1.29, 1.82) is 0 Å². The third-order valence-electron chi connectivity index (χ3n) is 1.99. The number of nitrogen functional groups attached to an aromatic ring is 1. The number of carbonyl (C=O) groups is 1. The van der Waals surface area contributed by atoms with E-state index < -0.39 is 11.8 Å². The molecule has 0 aliphatic rings. The van der Waals surface area contributed by atoms with E-state index in [-0.39, 0.29) is 16.9 Å². The molecule has 5 heteroatoms.